The van der Waals surface area contributed by atoms with Crippen LogP contribution in [0.25, 0.3) is 0 Å². The number of piperazine rings is 1. The molecule has 23 heavy (non-hydrogen) atoms. The largest absolute Gasteiger partial charge is 0.369 e. The molecule has 1 aliphatic rings. The molecule has 0 N–H and O–H groups in total. The van der Waals surface area contributed by atoms with E-state index in [2.05, 4.69) is 47.9 Å². The van der Waals surface area contributed by atoms with Crippen LogP contribution in [0, 0.1) is 5.82 Å². The van der Waals surface area contributed by atoms with Crippen molar-refractivity contribution in [3.8, 4) is 0 Å². The van der Waals surface area contributed by atoms with Crippen molar-refractivity contribution in [2.24, 2.45) is 0 Å². The van der Waals surface area contributed by atoms with Gasteiger partial charge >= 0.3 is 0 Å². The highest BCUT2D eigenvalue weighted by atomic mass is 19.1. The van der Waals surface area contributed by atoms with Crippen LogP contribution in [0.2, 0.25) is 0 Å². The minimum Gasteiger partial charge on any atom is -0.369 e. The molecule has 1 saturated heterocycles. The highest BCUT2D eigenvalue weighted by Crippen LogP contribution is 2.19. The standard InChI is InChI=1S/C20H25FN2/c1-16(2)18-5-3-17(4-6-18)15-22-11-13-23(14-12-22)20-9-7-19(21)8-10-20/h3-10,16H,11-15H2,1-2H3. The third kappa shape index (κ3) is 4.11. The first kappa shape index (κ1) is 16.0. The summed E-state index contributed by atoms with van der Waals surface area (Å²) in [7, 11) is 0. The predicted molar refractivity (Wildman–Crippen MR) is 94.4 cm³/mol. The molecule has 0 amide bonds. The average Bonchev–Trinajstić information content (AvgIpc) is 2.57. The smallest absolute Gasteiger partial charge is 0.123 e. The number of hydrogen-bond acceptors (Lipinski definition) is 2. The molecule has 1 heterocycles. The second-order valence-corrected chi connectivity index (χ2v) is 6.64. The van der Waals surface area contributed by atoms with E-state index in [1.54, 1.807) is 0 Å². The predicted octanol–water partition coefficient (Wildman–Crippen LogP) is 4.27. The normalized spacial score (nSPS) is 16.1. The third-order valence-electron chi connectivity index (χ3n) is 4.62. The Labute approximate surface area is 138 Å². The van der Waals surface area contributed by atoms with Crippen LogP contribution in [0.1, 0.15) is 30.9 Å². The van der Waals surface area contributed by atoms with Gasteiger partial charge in [0.25, 0.3) is 0 Å². The number of anilines is 1. The van der Waals surface area contributed by atoms with E-state index >= 15 is 0 Å². The Morgan fingerprint density at radius 1 is 0.870 bits per heavy atom. The molecule has 0 aliphatic carbocycles. The van der Waals surface area contributed by atoms with E-state index in [1.165, 1.54) is 23.3 Å². The van der Waals surface area contributed by atoms with Crippen molar-refractivity contribution >= 4 is 5.69 Å². The topological polar surface area (TPSA) is 6.48 Å². The molecule has 0 saturated carbocycles. The Morgan fingerprint density at radius 3 is 2.04 bits per heavy atom. The van der Waals surface area contributed by atoms with Gasteiger partial charge in [-0.15, -0.1) is 0 Å². The molecule has 122 valence electrons. The zero-order valence-corrected chi connectivity index (χ0v) is 14.0. The Balaban J connectivity index is 1.53. The molecule has 2 nitrogen and oxygen atoms in total. The van der Waals surface area contributed by atoms with Crippen LogP contribution in [-0.2, 0) is 6.54 Å². The molecule has 0 atom stereocenters. The van der Waals surface area contributed by atoms with Gasteiger partial charge in [0.15, 0.2) is 0 Å². The van der Waals surface area contributed by atoms with Crippen molar-refractivity contribution < 1.29 is 4.39 Å². The summed E-state index contributed by atoms with van der Waals surface area (Å²) in [5, 5.41) is 0. The molecule has 3 rings (SSSR count). The summed E-state index contributed by atoms with van der Waals surface area (Å²) in [5.74, 6) is 0.417. The Kier molecular flexibility index (Phi) is 4.97. The maximum absolute atomic E-state index is 13.0. The lowest BCUT2D eigenvalue weighted by Crippen LogP contribution is -2.45. The number of rotatable bonds is 4. The molecule has 0 bridgehead atoms. The van der Waals surface area contributed by atoms with E-state index in [-0.39, 0.29) is 5.82 Å². The van der Waals surface area contributed by atoms with Crippen molar-refractivity contribution in [1.82, 2.24) is 4.90 Å². The van der Waals surface area contributed by atoms with Gasteiger partial charge in [-0.1, -0.05) is 38.1 Å². The van der Waals surface area contributed by atoms with Crippen molar-refractivity contribution in [3.63, 3.8) is 0 Å². The summed E-state index contributed by atoms with van der Waals surface area (Å²) in [4.78, 5) is 4.82. The van der Waals surface area contributed by atoms with Gasteiger partial charge in [0.1, 0.15) is 5.82 Å². The summed E-state index contributed by atoms with van der Waals surface area (Å²) in [5.41, 5.74) is 3.90. The van der Waals surface area contributed by atoms with Gasteiger partial charge < -0.3 is 4.90 Å². The van der Waals surface area contributed by atoms with E-state index in [4.69, 9.17) is 0 Å². The van der Waals surface area contributed by atoms with Crippen LogP contribution in [0.15, 0.2) is 48.5 Å². The molecule has 1 aliphatic heterocycles. The quantitative estimate of drug-likeness (QED) is 0.832. The van der Waals surface area contributed by atoms with Crippen LogP contribution < -0.4 is 4.90 Å². The maximum Gasteiger partial charge on any atom is 0.123 e. The first-order valence-corrected chi connectivity index (χ1v) is 8.43. The van der Waals surface area contributed by atoms with Gasteiger partial charge in [0, 0.05) is 38.4 Å². The van der Waals surface area contributed by atoms with Gasteiger partial charge in [-0.3, -0.25) is 4.90 Å². The van der Waals surface area contributed by atoms with Crippen LogP contribution in [0.5, 0.6) is 0 Å². The molecule has 3 heteroatoms. The number of nitrogens with zero attached hydrogens (tertiary/aromatic N) is 2. The van der Waals surface area contributed by atoms with E-state index in [1.807, 2.05) is 12.1 Å². The van der Waals surface area contributed by atoms with Crippen LogP contribution in [-0.4, -0.2) is 31.1 Å². The third-order valence-corrected chi connectivity index (χ3v) is 4.62. The molecule has 2 aromatic rings. The molecular formula is C20H25FN2. The van der Waals surface area contributed by atoms with Gasteiger partial charge in [-0.2, -0.15) is 0 Å². The van der Waals surface area contributed by atoms with Crippen LogP contribution >= 0.6 is 0 Å². The van der Waals surface area contributed by atoms with Gasteiger partial charge in [0.2, 0.25) is 0 Å². The molecule has 0 unspecified atom stereocenters. The van der Waals surface area contributed by atoms with Crippen molar-refractivity contribution in [2.75, 3.05) is 31.1 Å². The van der Waals surface area contributed by atoms with E-state index in [0.29, 0.717) is 5.92 Å². The molecular weight excluding hydrogens is 287 g/mol. The van der Waals surface area contributed by atoms with E-state index in [0.717, 1.165) is 38.4 Å². The van der Waals surface area contributed by atoms with Crippen molar-refractivity contribution in [3.05, 3.63) is 65.5 Å². The zero-order valence-electron chi connectivity index (χ0n) is 14.0. The van der Waals surface area contributed by atoms with Gasteiger partial charge in [-0.05, 0) is 41.3 Å². The van der Waals surface area contributed by atoms with Gasteiger partial charge in [0.05, 0.1) is 0 Å². The first-order valence-electron chi connectivity index (χ1n) is 8.43. The fraction of sp³-hybridized carbons (Fsp3) is 0.400. The summed E-state index contributed by atoms with van der Waals surface area (Å²) in [6, 6.07) is 15.8. The van der Waals surface area contributed by atoms with Crippen LogP contribution in [0.3, 0.4) is 0 Å². The number of halogens is 1. The van der Waals surface area contributed by atoms with Crippen molar-refractivity contribution in [1.29, 1.82) is 0 Å². The summed E-state index contributed by atoms with van der Waals surface area (Å²) in [6.07, 6.45) is 0. The minimum absolute atomic E-state index is 0.169. The highest BCUT2D eigenvalue weighted by molar-refractivity contribution is 5.46. The lowest BCUT2D eigenvalue weighted by atomic mass is 10.0. The summed E-state index contributed by atoms with van der Waals surface area (Å²) in [6.45, 7) is 9.54. The second kappa shape index (κ2) is 7.14. The van der Waals surface area contributed by atoms with E-state index < -0.39 is 0 Å². The molecule has 1 fully saturated rings. The number of hydrogen-bond donors (Lipinski definition) is 0. The molecule has 0 radical (unpaired) electrons. The SMILES string of the molecule is CC(C)c1ccc(CN2CCN(c3ccc(F)cc3)CC2)cc1. The lowest BCUT2D eigenvalue weighted by molar-refractivity contribution is 0.250. The molecule has 0 spiro atoms. The average molecular weight is 312 g/mol. The van der Waals surface area contributed by atoms with Crippen LogP contribution in [0.4, 0.5) is 10.1 Å². The fourth-order valence-electron chi connectivity index (χ4n) is 3.08. The van der Waals surface area contributed by atoms with Crippen molar-refractivity contribution in [2.45, 2.75) is 26.3 Å². The van der Waals surface area contributed by atoms with E-state index in [9.17, 15) is 4.39 Å². The monoisotopic (exact) mass is 312 g/mol. The Morgan fingerprint density at radius 2 is 1.48 bits per heavy atom. The first-order chi connectivity index (χ1) is 11.1. The maximum atomic E-state index is 13.0. The highest BCUT2D eigenvalue weighted by Gasteiger charge is 2.17. The molecule has 0 aromatic heterocycles. The summed E-state index contributed by atoms with van der Waals surface area (Å²) < 4.78 is 13.0. The minimum atomic E-state index is -0.169. The Bertz CT molecular complexity index is 611. The second-order valence-electron chi connectivity index (χ2n) is 6.64. The zero-order chi connectivity index (χ0) is 16.2. The summed E-state index contributed by atoms with van der Waals surface area (Å²) >= 11 is 0. The number of benzene rings is 2. The lowest BCUT2D eigenvalue weighted by Gasteiger charge is -2.36. The fourth-order valence-corrected chi connectivity index (χ4v) is 3.08. The molecule has 2 aromatic carbocycles. The van der Waals surface area contributed by atoms with Gasteiger partial charge in [-0.25, -0.2) is 4.39 Å². The Hall–Kier alpha value is -1.87.